The van der Waals surface area contributed by atoms with Gasteiger partial charge in [0.25, 0.3) is 5.91 Å². The van der Waals surface area contributed by atoms with Crippen LogP contribution in [0, 0.1) is 0 Å². The van der Waals surface area contributed by atoms with Crippen LogP contribution in [-0.4, -0.2) is 30.7 Å². The molecule has 3 rings (SSSR count). The van der Waals surface area contributed by atoms with Gasteiger partial charge in [-0.2, -0.15) is 4.31 Å². The third kappa shape index (κ3) is 4.56. The van der Waals surface area contributed by atoms with E-state index < -0.39 is 15.9 Å². The normalized spacial score (nSPS) is 11.4. The quantitative estimate of drug-likeness (QED) is 0.621. The average Bonchev–Trinajstić information content (AvgIpc) is 2.69. The fourth-order valence-corrected chi connectivity index (χ4v) is 3.93. The molecule has 1 amide bonds. The van der Waals surface area contributed by atoms with E-state index in [1.54, 1.807) is 12.1 Å². The van der Waals surface area contributed by atoms with Crippen LogP contribution in [0.4, 0.5) is 5.69 Å². The van der Waals surface area contributed by atoms with E-state index in [-0.39, 0.29) is 22.2 Å². The molecule has 1 aromatic heterocycles. The highest BCUT2D eigenvalue weighted by atomic mass is 35.5. The standard InChI is InChI=1S/C20H18ClN3O3S/c1-24(14-15-6-3-2-4-7-15)28(26,27)17-11-9-16(10-12-17)23-20(25)18-8-5-13-22-19(18)21/h2-13H,14H2,1H3,(H,23,25). The maximum absolute atomic E-state index is 12.7. The second-order valence-electron chi connectivity index (χ2n) is 6.07. The molecule has 0 radical (unpaired) electrons. The van der Waals surface area contributed by atoms with E-state index in [1.165, 1.54) is 41.8 Å². The average molecular weight is 416 g/mol. The van der Waals surface area contributed by atoms with E-state index in [2.05, 4.69) is 10.3 Å². The second kappa shape index (κ2) is 8.52. The number of rotatable bonds is 6. The number of nitrogens with one attached hydrogen (secondary N) is 1. The summed E-state index contributed by atoms with van der Waals surface area (Å²) in [7, 11) is -2.12. The Labute approximate surface area is 168 Å². The number of hydrogen-bond acceptors (Lipinski definition) is 4. The lowest BCUT2D eigenvalue weighted by atomic mass is 10.2. The predicted molar refractivity (Wildman–Crippen MR) is 109 cm³/mol. The topological polar surface area (TPSA) is 79.4 Å². The second-order valence-corrected chi connectivity index (χ2v) is 8.47. The summed E-state index contributed by atoms with van der Waals surface area (Å²) in [4.78, 5) is 16.3. The zero-order chi connectivity index (χ0) is 20.1. The molecule has 0 fully saturated rings. The van der Waals surface area contributed by atoms with E-state index in [1.807, 2.05) is 30.3 Å². The molecule has 0 aliphatic heterocycles. The predicted octanol–water partition coefficient (Wildman–Crippen LogP) is 3.81. The van der Waals surface area contributed by atoms with Gasteiger partial charge in [-0.1, -0.05) is 41.9 Å². The summed E-state index contributed by atoms with van der Waals surface area (Å²) in [5.41, 5.74) is 1.59. The number of halogens is 1. The number of amides is 1. The van der Waals surface area contributed by atoms with Crippen molar-refractivity contribution in [1.82, 2.24) is 9.29 Å². The van der Waals surface area contributed by atoms with Gasteiger partial charge in [0, 0.05) is 25.5 Å². The van der Waals surface area contributed by atoms with Crippen LogP contribution >= 0.6 is 11.6 Å². The lowest BCUT2D eigenvalue weighted by molar-refractivity contribution is 0.102. The number of carbonyl (C=O) groups is 1. The van der Waals surface area contributed by atoms with Crippen LogP contribution in [0.1, 0.15) is 15.9 Å². The molecule has 0 spiro atoms. The van der Waals surface area contributed by atoms with Gasteiger partial charge in [-0.05, 0) is 42.0 Å². The van der Waals surface area contributed by atoms with Gasteiger partial charge in [0.15, 0.2) is 0 Å². The third-order valence-electron chi connectivity index (χ3n) is 4.07. The number of benzene rings is 2. The molecule has 8 heteroatoms. The number of hydrogen-bond donors (Lipinski definition) is 1. The van der Waals surface area contributed by atoms with Crippen molar-refractivity contribution < 1.29 is 13.2 Å². The highest BCUT2D eigenvalue weighted by Gasteiger charge is 2.21. The van der Waals surface area contributed by atoms with Crippen LogP contribution in [0.3, 0.4) is 0 Å². The number of aromatic nitrogens is 1. The molecule has 0 saturated heterocycles. The summed E-state index contributed by atoms with van der Waals surface area (Å²) in [6.45, 7) is 0.265. The molecule has 0 unspecified atom stereocenters. The fourth-order valence-electron chi connectivity index (χ4n) is 2.57. The van der Waals surface area contributed by atoms with Crippen molar-refractivity contribution in [2.24, 2.45) is 0 Å². The molecule has 6 nitrogen and oxygen atoms in total. The van der Waals surface area contributed by atoms with Crippen molar-refractivity contribution in [2.45, 2.75) is 11.4 Å². The summed E-state index contributed by atoms with van der Waals surface area (Å²) in [5, 5.41) is 2.77. The molecule has 0 bridgehead atoms. The molecule has 0 atom stereocenters. The molecule has 144 valence electrons. The molecule has 0 saturated carbocycles. The summed E-state index contributed by atoms with van der Waals surface area (Å²) in [5.74, 6) is -0.421. The first-order chi connectivity index (χ1) is 13.4. The van der Waals surface area contributed by atoms with Gasteiger partial charge in [-0.25, -0.2) is 13.4 Å². The van der Waals surface area contributed by atoms with Crippen molar-refractivity contribution in [3.8, 4) is 0 Å². The van der Waals surface area contributed by atoms with E-state index in [9.17, 15) is 13.2 Å². The lowest BCUT2D eigenvalue weighted by Gasteiger charge is -2.17. The van der Waals surface area contributed by atoms with Gasteiger partial charge in [0.05, 0.1) is 10.5 Å². The Morgan fingerprint density at radius 3 is 2.36 bits per heavy atom. The monoisotopic (exact) mass is 415 g/mol. The first kappa shape index (κ1) is 20.0. The fraction of sp³-hybridized carbons (Fsp3) is 0.100. The summed E-state index contributed by atoms with van der Waals surface area (Å²) in [6, 6.07) is 18.5. The van der Waals surface area contributed by atoms with Crippen molar-refractivity contribution in [3.05, 3.63) is 89.2 Å². The highest BCUT2D eigenvalue weighted by molar-refractivity contribution is 7.89. The van der Waals surface area contributed by atoms with Crippen molar-refractivity contribution in [2.75, 3.05) is 12.4 Å². The minimum Gasteiger partial charge on any atom is -0.322 e. The van der Waals surface area contributed by atoms with Gasteiger partial charge >= 0.3 is 0 Å². The molecule has 28 heavy (non-hydrogen) atoms. The zero-order valence-electron chi connectivity index (χ0n) is 15.0. The molecular formula is C20H18ClN3O3S. The van der Waals surface area contributed by atoms with Gasteiger partial charge in [-0.15, -0.1) is 0 Å². The van der Waals surface area contributed by atoms with Crippen LogP contribution < -0.4 is 5.32 Å². The van der Waals surface area contributed by atoms with Crippen molar-refractivity contribution in [3.63, 3.8) is 0 Å². The van der Waals surface area contributed by atoms with E-state index >= 15 is 0 Å². The Morgan fingerprint density at radius 1 is 1.04 bits per heavy atom. The van der Waals surface area contributed by atoms with Gasteiger partial charge in [0.1, 0.15) is 5.15 Å². The number of pyridine rings is 1. The minimum absolute atomic E-state index is 0.0988. The van der Waals surface area contributed by atoms with Crippen LogP contribution in [-0.2, 0) is 16.6 Å². The van der Waals surface area contributed by atoms with Crippen molar-refractivity contribution in [1.29, 1.82) is 0 Å². The van der Waals surface area contributed by atoms with Crippen LogP contribution in [0.5, 0.6) is 0 Å². The van der Waals surface area contributed by atoms with Crippen LogP contribution in [0.25, 0.3) is 0 Å². The Hall–Kier alpha value is -2.74. The highest BCUT2D eigenvalue weighted by Crippen LogP contribution is 2.20. The molecule has 3 aromatic rings. The molecule has 1 N–H and O–H groups in total. The Bertz CT molecular complexity index is 1070. The number of carbonyl (C=O) groups excluding carboxylic acids is 1. The maximum atomic E-state index is 12.7. The number of anilines is 1. The smallest absolute Gasteiger partial charge is 0.258 e. The summed E-state index contributed by atoms with van der Waals surface area (Å²) < 4.78 is 26.8. The van der Waals surface area contributed by atoms with Gasteiger partial charge in [0.2, 0.25) is 10.0 Å². The zero-order valence-corrected chi connectivity index (χ0v) is 16.6. The van der Waals surface area contributed by atoms with Crippen molar-refractivity contribution >= 4 is 33.2 Å². The lowest BCUT2D eigenvalue weighted by Crippen LogP contribution is -2.26. The molecule has 1 heterocycles. The summed E-state index contributed by atoms with van der Waals surface area (Å²) in [6.07, 6.45) is 1.49. The molecule has 0 aliphatic rings. The summed E-state index contributed by atoms with van der Waals surface area (Å²) >= 11 is 5.91. The van der Waals surface area contributed by atoms with E-state index in [0.717, 1.165) is 5.56 Å². The van der Waals surface area contributed by atoms with Crippen LogP contribution in [0.2, 0.25) is 5.15 Å². The maximum Gasteiger partial charge on any atom is 0.258 e. The number of nitrogens with zero attached hydrogens (tertiary/aromatic N) is 2. The molecule has 2 aromatic carbocycles. The molecule has 0 aliphatic carbocycles. The van der Waals surface area contributed by atoms with Gasteiger partial charge in [-0.3, -0.25) is 4.79 Å². The third-order valence-corrected chi connectivity index (χ3v) is 6.19. The number of sulfonamides is 1. The Morgan fingerprint density at radius 2 is 1.71 bits per heavy atom. The largest absolute Gasteiger partial charge is 0.322 e. The van der Waals surface area contributed by atoms with Gasteiger partial charge < -0.3 is 5.32 Å². The van der Waals surface area contributed by atoms with E-state index in [0.29, 0.717) is 5.69 Å². The Kier molecular flexibility index (Phi) is 6.08. The Balaban J connectivity index is 1.72. The van der Waals surface area contributed by atoms with Crippen LogP contribution in [0.15, 0.2) is 77.8 Å². The molecular weight excluding hydrogens is 398 g/mol. The first-order valence-electron chi connectivity index (χ1n) is 8.40. The first-order valence-corrected chi connectivity index (χ1v) is 10.2. The van der Waals surface area contributed by atoms with E-state index in [4.69, 9.17) is 11.6 Å². The minimum atomic E-state index is -3.65. The SMILES string of the molecule is CN(Cc1ccccc1)S(=O)(=O)c1ccc(NC(=O)c2cccnc2Cl)cc1.